The Labute approximate surface area is 165 Å². The SMILES string of the molecule is CCOc1ccccc1OC(CCN(C)C)c1ccccc1.O=C(O)C(=O)O. The normalized spacial score (nSPS) is 11.1. The van der Waals surface area contributed by atoms with Gasteiger partial charge in [-0.2, -0.15) is 0 Å². The fourth-order valence-corrected chi connectivity index (χ4v) is 2.31. The van der Waals surface area contributed by atoms with Crippen LogP contribution in [-0.2, 0) is 9.59 Å². The number of ether oxygens (including phenoxy) is 2. The lowest BCUT2D eigenvalue weighted by atomic mass is 10.1. The summed E-state index contributed by atoms with van der Waals surface area (Å²) in [5, 5.41) is 14.8. The molecule has 0 bridgehead atoms. The summed E-state index contributed by atoms with van der Waals surface area (Å²) in [4.78, 5) is 20.4. The quantitative estimate of drug-likeness (QED) is 0.669. The average Bonchev–Trinajstić information content (AvgIpc) is 2.67. The first kappa shape index (κ1) is 23.0. The lowest BCUT2D eigenvalue weighted by Crippen LogP contribution is -2.19. The van der Waals surface area contributed by atoms with Gasteiger partial charge in [0.1, 0.15) is 6.10 Å². The minimum atomic E-state index is -1.82. The highest BCUT2D eigenvalue weighted by Crippen LogP contribution is 2.32. The van der Waals surface area contributed by atoms with Crippen molar-refractivity contribution in [2.45, 2.75) is 19.4 Å². The molecule has 0 saturated heterocycles. The molecule has 0 amide bonds. The minimum absolute atomic E-state index is 0.0187. The molecule has 0 radical (unpaired) electrons. The molecule has 0 spiro atoms. The highest BCUT2D eigenvalue weighted by atomic mass is 16.5. The number of carbonyl (C=O) groups is 2. The van der Waals surface area contributed by atoms with Crippen molar-refractivity contribution in [3.8, 4) is 11.5 Å². The third-order valence-electron chi connectivity index (χ3n) is 3.61. The molecule has 0 aliphatic carbocycles. The Bertz CT molecular complexity index is 721. The summed E-state index contributed by atoms with van der Waals surface area (Å²) in [6, 6.07) is 18.2. The zero-order valence-electron chi connectivity index (χ0n) is 16.4. The van der Waals surface area contributed by atoms with Gasteiger partial charge in [0.05, 0.1) is 6.61 Å². The van der Waals surface area contributed by atoms with Crippen LogP contribution in [0.15, 0.2) is 54.6 Å². The van der Waals surface area contributed by atoms with E-state index in [9.17, 15) is 0 Å². The van der Waals surface area contributed by atoms with Gasteiger partial charge in [-0.15, -0.1) is 0 Å². The predicted molar refractivity (Wildman–Crippen MR) is 106 cm³/mol. The Morgan fingerprint density at radius 1 is 0.929 bits per heavy atom. The van der Waals surface area contributed by atoms with Crippen molar-refractivity contribution in [1.29, 1.82) is 0 Å². The van der Waals surface area contributed by atoms with Gasteiger partial charge in [-0.3, -0.25) is 0 Å². The van der Waals surface area contributed by atoms with Crippen LogP contribution in [0, 0.1) is 0 Å². The van der Waals surface area contributed by atoms with E-state index in [0.717, 1.165) is 24.5 Å². The molecule has 0 aliphatic rings. The second kappa shape index (κ2) is 12.3. The summed E-state index contributed by atoms with van der Waals surface area (Å²) < 4.78 is 11.9. The number of para-hydroxylation sites is 2. The fourth-order valence-electron chi connectivity index (χ4n) is 2.31. The molecule has 2 aromatic rings. The maximum Gasteiger partial charge on any atom is 0.414 e. The number of hydrogen-bond donors (Lipinski definition) is 2. The van der Waals surface area contributed by atoms with Gasteiger partial charge in [0.2, 0.25) is 0 Å². The summed E-state index contributed by atoms with van der Waals surface area (Å²) in [5.41, 5.74) is 1.19. The van der Waals surface area contributed by atoms with Gasteiger partial charge in [-0.1, -0.05) is 42.5 Å². The molecule has 7 heteroatoms. The molecule has 0 heterocycles. The fraction of sp³-hybridized carbons (Fsp3) is 0.333. The highest BCUT2D eigenvalue weighted by molar-refractivity contribution is 6.27. The van der Waals surface area contributed by atoms with E-state index in [1.165, 1.54) is 5.56 Å². The zero-order chi connectivity index (χ0) is 20.9. The highest BCUT2D eigenvalue weighted by Gasteiger charge is 2.16. The van der Waals surface area contributed by atoms with E-state index in [1.54, 1.807) is 0 Å². The van der Waals surface area contributed by atoms with Crippen LogP contribution >= 0.6 is 0 Å². The van der Waals surface area contributed by atoms with Gasteiger partial charge in [0, 0.05) is 13.0 Å². The standard InChI is InChI=1S/C19H25NO2.C2H2O4/c1-4-21-18-12-8-9-13-19(18)22-17(14-15-20(2)3)16-10-6-5-7-11-16;3-1(4)2(5)6/h5-13,17H,4,14-15H2,1-3H3;(H,3,4)(H,5,6). The van der Waals surface area contributed by atoms with Gasteiger partial charge >= 0.3 is 11.9 Å². The van der Waals surface area contributed by atoms with Gasteiger partial charge in [0.25, 0.3) is 0 Å². The molecule has 1 atom stereocenters. The van der Waals surface area contributed by atoms with Crippen LogP contribution in [0.2, 0.25) is 0 Å². The summed E-state index contributed by atoms with van der Waals surface area (Å²) in [6.07, 6.45) is 0.947. The van der Waals surface area contributed by atoms with Crippen molar-refractivity contribution < 1.29 is 29.3 Å². The lowest BCUT2D eigenvalue weighted by molar-refractivity contribution is -0.159. The number of carboxylic acid groups (broad SMARTS) is 2. The van der Waals surface area contributed by atoms with Gasteiger partial charge in [0.15, 0.2) is 11.5 Å². The third kappa shape index (κ3) is 8.55. The third-order valence-corrected chi connectivity index (χ3v) is 3.61. The van der Waals surface area contributed by atoms with Crippen LogP contribution in [0.4, 0.5) is 0 Å². The van der Waals surface area contributed by atoms with E-state index in [2.05, 4.69) is 43.3 Å². The topological polar surface area (TPSA) is 96.3 Å². The van der Waals surface area contributed by atoms with Crippen molar-refractivity contribution in [3.63, 3.8) is 0 Å². The van der Waals surface area contributed by atoms with Crippen molar-refractivity contribution in [2.75, 3.05) is 27.2 Å². The van der Waals surface area contributed by atoms with Crippen LogP contribution in [0.1, 0.15) is 25.0 Å². The van der Waals surface area contributed by atoms with Crippen LogP contribution in [0.25, 0.3) is 0 Å². The first-order valence-electron chi connectivity index (χ1n) is 8.89. The molecule has 2 N–H and O–H groups in total. The van der Waals surface area contributed by atoms with E-state index in [-0.39, 0.29) is 6.10 Å². The molecular formula is C21H27NO6. The summed E-state index contributed by atoms with van der Waals surface area (Å²) in [7, 11) is 4.16. The number of carboxylic acids is 2. The predicted octanol–water partition coefficient (Wildman–Crippen LogP) is 3.31. The molecule has 0 fully saturated rings. The molecule has 0 aliphatic heterocycles. The first-order chi connectivity index (χ1) is 13.3. The first-order valence-corrected chi connectivity index (χ1v) is 8.89. The summed E-state index contributed by atoms with van der Waals surface area (Å²) >= 11 is 0. The van der Waals surface area contributed by atoms with Crippen molar-refractivity contribution in [1.82, 2.24) is 4.90 Å². The van der Waals surface area contributed by atoms with Crippen molar-refractivity contribution >= 4 is 11.9 Å². The Morgan fingerprint density at radius 2 is 1.46 bits per heavy atom. The zero-order valence-corrected chi connectivity index (χ0v) is 16.4. The molecule has 7 nitrogen and oxygen atoms in total. The Hall–Kier alpha value is -3.06. The molecule has 0 aromatic heterocycles. The molecule has 0 saturated carbocycles. The second-order valence-corrected chi connectivity index (χ2v) is 6.10. The largest absolute Gasteiger partial charge is 0.490 e. The van der Waals surface area contributed by atoms with Gasteiger partial charge in [-0.25, -0.2) is 9.59 Å². The van der Waals surface area contributed by atoms with Gasteiger partial charge < -0.3 is 24.6 Å². The lowest BCUT2D eigenvalue weighted by Gasteiger charge is -2.22. The van der Waals surface area contributed by atoms with Crippen LogP contribution in [0.3, 0.4) is 0 Å². The smallest absolute Gasteiger partial charge is 0.414 e. The Morgan fingerprint density at radius 3 is 1.96 bits per heavy atom. The maximum absolute atomic E-state index is 9.10. The molecule has 1 unspecified atom stereocenters. The van der Waals surface area contributed by atoms with Crippen molar-refractivity contribution in [2.24, 2.45) is 0 Å². The Balaban J connectivity index is 0.000000568. The maximum atomic E-state index is 9.10. The monoisotopic (exact) mass is 389 g/mol. The number of nitrogens with zero attached hydrogens (tertiary/aromatic N) is 1. The molecule has 2 aromatic carbocycles. The minimum Gasteiger partial charge on any atom is -0.490 e. The molecule has 152 valence electrons. The van der Waals surface area contributed by atoms with Gasteiger partial charge in [-0.05, 0) is 38.7 Å². The molecule has 28 heavy (non-hydrogen) atoms. The van der Waals surface area contributed by atoms with Crippen LogP contribution in [0.5, 0.6) is 11.5 Å². The molecular weight excluding hydrogens is 362 g/mol. The second-order valence-electron chi connectivity index (χ2n) is 6.10. The van der Waals surface area contributed by atoms with E-state index in [4.69, 9.17) is 29.3 Å². The van der Waals surface area contributed by atoms with Crippen LogP contribution in [-0.4, -0.2) is 54.3 Å². The number of hydrogen-bond acceptors (Lipinski definition) is 5. The number of benzene rings is 2. The Kier molecular flexibility index (Phi) is 10.1. The van der Waals surface area contributed by atoms with E-state index >= 15 is 0 Å². The summed E-state index contributed by atoms with van der Waals surface area (Å²) in [5.74, 6) is -2.04. The summed E-state index contributed by atoms with van der Waals surface area (Å²) in [6.45, 7) is 3.59. The van der Waals surface area contributed by atoms with E-state index < -0.39 is 11.9 Å². The number of aliphatic carboxylic acids is 2. The molecule has 2 rings (SSSR count). The van der Waals surface area contributed by atoms with Crippen molar-refractivity contribution in [3.05, 3.63) is 60.2 Å². The van der Waals surface area contributed by atoms with Crippen LogP contribution < -0.4 is 9.47 Å². The average molecular weight is 389 g/mol. The van der Waals surface area contributed by atoms with E-state index in [1.807, 2.05) is 37.3 Å². The van der Waals surface area contributed by atoms with E-state index in [0.29, 0.717) is 6.61 Å². The number of rotatable bonds is 8.